The Morgan fingerprint density at radius 1 is 1.00 bits per heavy atom. The Hall–Kier alpha value is -1.80. The summed E-state index contributed by atoms with van der Waals surface area (Å²) in [7, 11) is 0. The standard InChI is InChI=1S/C19H23ClN6S/c1-14-11-15(2)26-18(21-14)22-19(27)25(26)13-24-9-7-23(8-10-24)12-16-3-5-17(20)6-4-16/h3-6,11H,7-10,12-13H2,1-2H3. The SMILES string of the molecule is Cc1cc(C)n2c(n1)nc(=S)n2CN1CCN(Cc2ccc(Cl)cc2)CC1. The van der Waals surface area contributed by atoms with Crippen molar-refractivity contribution in [2.45, 2.75) is 27.1 Å². The number of aromatic nitrogens is 4. The van der Waals surface area contributed by atoms with Gasteiger partial charge in [-0.25, -0.2) is 14.2 Å². The molecule has 1 fully saturated rings. The molecular formula is C19H23ClN6S. The van der Waals surface area contributed by atoms with Gasteiger partial charge in [-0.1, -0.05) is 23.7 Å². The van der Waals surface area contributed by atoms with Crippen molar-refractivity contribution in [3.8, 4) is 0 Å². The number of aryl methyl sites for hydroxylation is 2. The Bertz CT molecular complexity index is 1000. The smallest absolute Gasteiger partial charge is 0.252 e. The molecule has 0 saturated carbocycles. The maximum atomic E-state index is 5.97. The zero-order chi connectivity index (χ0) is 19.0. The van der Waals surface area contributed by atoms with Crippen LogP contribution in [-0.4, -0.2) is 55.1 Å². The van der Waals surface area contributed by atoms with Crippen molar-refractivity contribution in [2.24, 2.45) is 0 Å². The number of nitrogens with zero attached hydrogens (tertiary/aromatic N) is 6. The summed E-state index contributed by atoms with van der Waals surface area (Å²) in [6.07, 6.45) is 0. The molecule has 1 aliphatic heterocycles. The molecule has 0 aliphatic carbocycles. The lowest BCUT2D eigenvalue weighted by atomic mass is 10.2. The molecule has 142 valence electrons. The number of piperazine rings is 1. The van der Waals surface area contributed by atoms with Crippen LogP contribution in [0.1, 0.15) is 17.0 Å². The number of halogens is 1. The zero-order valence-electron chi connectivity index (χ0n) is 15.6. The van der Waals surface area contributed by atoms with Crippen molar-refractivity contribution in [1.29, 1.82) is 0 Å². The first kappa shape index (κ1) is 18.6. The fraction of sp³-hybridized carbons (Fsp3) is 0.421. The first-order valence-electron chi connectivity index (χ1n) is 9.12. The Morgan fingerprint density at radius 2 is 1.67 bits per heavy atom. The quantitative estimate of drug-likeness (QED) is 0.626. The number of hydrogen-bond donors (Lipinski definition) is 0. The Kier molecular flexibility index (Phi) is 5.27. The second-order valence-corrected chi connectivity index (χ2v) is 7.91. The van der Waals surface area contributed by atoms with E-state index >= 15 is 0 Å². The third-order valence-corrected chi connectivity index (χ3v) is 5.55. The van der Waals surface area contributed by atoms with Gasteiger partial charge < -0.3 is 0 Å². The topological polar surface area (TPSA) is 41.6 Å². The predicted molar refractivity (Wildman–Crippen MR) is 110 cm³/mol. The fourth-order valence-electron chi connectivity index (χ4n) is 3.61. The first-order valence-corrected chi connectivity index (χ1v) is 9.91. The number of fused-ring (bicyclic) bond motifs is 1. The summed E-state index contributed by atoms with van der Waals surface area (Å²) in [5, 5.41) is 0.785. The third kappa shape index (κ3) is 4.06. The van der Waals surface area contributed by atoms with Crippen LogP contribution in [0.2, 0.25) is 5.02 Å². The van der Waals surface area contributed by atoms with E-state index in [9.17, 15) is 0 Å². The molecule has 4 rings (SSSR count). The van der Waals surface area contributed by atoms with Crippen LogP contribution in [0.4, 0.5) is 0 Å². The molecule has 1 aliphatic rings. The second kappa shape index (κ2) is 7.67. The Morgan fingerprint density at radius 3 is 2.37 bits per heavy atom. The van der Waals surface area contributed by atoms with Gasteiger partial charge in [-0.05, 0) is 49.8 Å². The molecule has 2 aromatic heterocycles. The fourth-order valence-corrected chi connectivity index (χ4v) is 3.96. The van der Waals surface area contributed by atoms with E-state index < -0.39 is 0 Å². The van der Waals surface area contributed by atoms with Crippen molar-refractivity contribution in [2.75, 3.05) is 26.2 Å². The molecular weight excluding hydrogens is 380 g/mol. The van der Waals surface area contributed by atoms with Gasteiger partial charge in [0.25, 0.3) is 5.78 Å². The number of rotatable bonds is 4. The lowest BCUT2D eigenvalue weighted by molar-refractivity contribution is 0.0964. The molecule has 3 heterocycles. The molecule has 1 saturated heterocycles. The number of hydrogen-bond acceptors (Lipinski definition) is 5. The van der Waals surface area contributed by atoms with Crippen LogP contribution in [0.3, 0.4) is 0 Å². The minimum Gasteiger partial charge on any atom is -0.297 e. The van der Waals surface area contributed by atoms with Crippen molar-refractivity contribution >= 4 is 29.6 Å². The van der Waals surface area contributed by atoms with Crippen molar-refractivity contribution in [3.63, 3.8) is 0 Å². The molecule has 0 bridgehead atoms. The molecule has 0 amide bonds. The highest BCUT2D eigenvalue weighted by molar-refractivity contribution is 7.71. The highest BCUT2D eigenvalue weighted by Crippen LogP contribution is 2.14. The van der Waals surface area contributed by atoms with Gasteiger partial charge in [0.15, 0.2) is 0 Å². The van der Waals surface area contributed by atoms with E-state index in [-0.39, 0.29) is 0 Å². The molecule has 27 heavy (non-hydrogen) atoms. The lowest BCUT2D eigenvalue weighted by Crippen LogP contribution is -2.46. The van der Waals surface area contributed by atoms with E-state index in [1.807, 2.05) is 28.3 Å². The summed E-state index contributed by atoms with van der Waals surface area (Å²) in [6.45, 7) is 9.81. The summed E-state index contributed by atoms with van der Waals surface area (Å²) < 4.78 is 4.65. The van der Waals surface area contributed by atoms with Crippen molar-refractivity contribution in [3.05, 3.63) is 57.1 Å². The van der Waals surface area contributed by atoms with Gasteiger partial charge in [-0.2, -0.15) is 4.98 Å². The number of benzene rings is 1. The van der Waals surface area contributed by atoms with Crippen molar-refractivity contribution < 1.29 is 0 Å². The molecule has 0 radical (unpaired) electrons. The van der Waals surface area contributed by atoms with E-state index in [4.69, 9.17) is 23.8 Å². The van der Waals surface area contributed by atoms with E-state index in [0.29, 0.717) is 10.5 Å². The van der Waals surface area contributed by atoms with Crippen LogP contribution < -0.4 is 0 Å². The molecule has 6 nitrogen and oxygen atoms in total. The molecule has 0 unspecified atom stereocenters. The summed E-state index contributed by atoms with van der Waals surface area (Å²) in [5.74, 6) is 0.680. The maximum absolute atomic E-state index is 5.97. The summed E-state index contributed by atoms with van der Waals surface area (Å²) >= 11 is 11.5. The van der Waals surface area contributed by atoms with Crippen LogP contribution >= 0.6 is 23.8 Å². The predicted octanol–water partition coefficient (Wildman–Crippen LogP) is 3.31. The lowest BCUT2D eigenvalue weighted by Gasteiger charge is -2.34. The Balaban J connectivity index is 1.42. The van der Waals surface area contributed by atoms with Crippen LogP contribution in [-0.2, 0) is 13.2 Å². The van der Waals surface area contributed by atoms with Gasteiger partial charge >= 0.3 is 0 Å². The molecule has 1 aromatic carbocycles. The first-order chi connectivity index (χ1) is 13.0. The van der Waals surface area contributed by atoms with Crippen molar-refractivity contribution in [1.82, 2.24) is 29.0 Å². The van der Waals surface area contributed by atoms with Crippen LogP contribution in [0.5, 0.6) is 0 Å². The van der Waals surface area contributed by atoms with E-state index in [1.54, 1.807) is 0 Å². The van der Waals surface area contributed by atoms with Gasteiger partial charge in [0.05, 0.1) is 6.67 Å². The highest BCUT2D eigenvalue weighted by Gasteiger charge is 2.19. The monoisotopic (exact) mass is 402 g/mol. The average molecular weight is 403 g/mol. The zero-order valence-corrected chi connectivity index (χ0v) is 17.2. The normalized spacial score (nSPS) is 16.3. The maximum Gasteiger partial charge on any atom is 0.252 e. The Labute approximate surface area is 169 Å². The molecule has 0 N–H and O–H groups in total. The third-order valence-electron chi connectivity index (χ3n) is 4.99. The summed E-state index contributed by atoms with van der Waals surface area (Å²) in [5.41, 5.74) is 3.36. The van der Waals surface area contributed by atoms with E-state index in [2.05, 4.69) is 44.9 Å². The summed E-state index contributed by atoms with van der Waals surface area (Å²) in [6, 6.07) is 10.2. The van der Waals surface area contributed by atoms with Crippen LogP contribution in [0, 0.1) is 18.6 Å². The molecule has 3 aromatic rings. The van der Waals surface area contributed by atoms with Gasteiger partial charge in [0.1, 0.15) is 0 Å². The van der Waals surface area contributed by atoms with E-state index in [0.717, 1.165) is 55.8 Å². The van der Waals surface area contributed by atoms with Crippen LogP contribution in [0.15, 0.2) is 30.3 Å². The minimum absolute atomic E-state index is 0.583. The van der Waals surface area contributed by atoms with Crippen LogP contribution in [0.25, 0.3) is 5.78 Å². The molecule has 8 heteroatoms. The minimum atomic E-state index is 0.583. The average Bonchev–Trinajstić information content (AvgIpc) is 2.94. The highest BCUT2D eigenvalue weighted by atomic mass is 35.5. The van der Waals surface area contributed by atoms with Gasteiger partial charge in [-0.3, -0.25) is 9.80 Å². The summed E-state index contributed by atoms with van der Waals surface area (Å²) in [4.78, 5) is 13.9. The molecule has 0 atom stereocenters. The van der Waals surface area contributed by atoms with Gasteiger partial charge in [0.2, 0.25) is 4.77 Å². The second-order valence-electron chi connectivity index (χ2n) is 7.11. The van der Waals surface area contributed by atoms with Gasteiger partial charge in [0, 0.05) is 49.1 Å². The van der Waals surface area contributed by atoms with E-state index in [1.165, 1.54) is 5.56 Å². The molecule has 0 spiro atoms. The van der Waals surface area contributed by atoms with Gasteiger partial charge in [-0.15, -0.1) is 0 Å². The largest absolute Gasteiger partial charge is 0.297 e.